The first kappa shape index (κ1) is 24.1. The fourth-order valence-corrected chi connectivity index (χ4v) is 0.483. The monoisotopic (exact) mass is 223 g/mol. The molecular weight excluding hydrogens is 194 g/mol. The summed E-state index contributed by atoms with van der Waals surface area (Å²) in [6.07, 6.45) is 5.25. The first-order valence-corrected chi connectivity index (χ1v) is 5.69. The molecular formula is C15H29N. The summed E-state index contributed by atoms with van der Waals surface area (Å²) in [6.45, 7) is 25.8. The summed E-state index contributed by atoms with van der Waals surface area (Å²) in [5, 5.41) is 0. The second-order valence-electron chi connectivity index (χ2n) is 1.97. The third-order valence-electron chi connectivity index (χ3n) is 1.02. The molecule has 0 aromatic rings. The van der Waals surface area contributed by atoms with E-state index in [0.717, 1.165) is 11.3 Å². The van der Waals surface area contributed by atoms with Crippen molar-refractivity contribution in [2.45, 2.75) is 41.5 Å². The highest BCUT2D eigenvalue weighted by molar-refractivity contribution is 5.41. The van der Waals surface area contributed by atoms with E-state index in [4.69, 9.17) is 0 Å². The van der Waals surface area contributed by atoms with Gasteiger partial charge in [-0.15, -0.1) is 6.58 Å². The zero-order valence-electron chi connectivity index (χ0n) is 12.0. The predicted octanol–water partition coefficient (Wildman–Crippen LogP) is 5.58. The van der Waals surface area contributed by atoms with E-state index in [2.05, 4.69) is 31.4 Å². The average molecular weight is 223 g/mol. The van der Waals surface area contributed by atoms with Crippen LogP contribution in [0.1, 0.15) is 41.5 Å². The highest BCUT2D eigenvalue weighted by atomic mass is 14.7. The first-order valence-electron chi connectivity index (χ1n) is 5.69. The Hall–Kier alpha value is -1.37. The summed E-state index contributed by atoms with van der Waals surface area (Å²) in [6, 6.07) is 0. The topological polar surface area (TPSA) is 12.4 Å². The maximum Gasteiger partial charge on any atom is 0.0645 e. The van der Waals surface area contributed by atoms with E-state index >= 15 is 0 Å². The van der Waals surface area contributed by atoms with Gasteiger partial charge < -0.3 is 0 Å². The maximum absolute atomic E-state index is 3.72. The Bertz CT molecular complexity index is 197. The van der Waals surface area contributed by atoms with Crippen LogP contribution in [0.2, 0.25) is 0 Å². The average Bonchev–Trinajstić information content (AvgIpc) is 2.36. The van der Waals surface area contributed by atoms with Crippen molar-refractivity contribution in [1.82, 2.24) is 0 Å². The van der Waals surface area contributed by atoms with E-state index in [1.165, 1.54) is 0 Å². The number of hydrogen-bond acceptors (Lipinski definition) is 1. The number of allylic oxidation sites excluding steroid dienone is 3. The van der Waals surface area contributed by atoms with E-state index in [1.54, 1.807) is 12.2 Å². The fourth-order valence-electron chi connectivity index (χ4n) is 0.483. The first-order chi connectivity index (χ1) is 7.67. The Kier molecular flexibility index (Phi) is 43.9. The highest BCUT2D eigenvalue weighted by Crippen LogP contribution is 2.07. The lowest BCUT2D eigenvalue weighted by Gasteiger charge is -1.95. The van der Waals surface area contributed by atoms with Gasteiger partial charge in [-0.25, -0.2) is 0 Å². The molecule has 0 radical (unpaired) electrons. The largest absolute Gasteiger partial charge is 0.264 e. The van der Waals surface area contributed by atoms with Gasteiger partial charge in [-0.3, -0.25) is 4.99 Å². The molecule has 0 saturated heterocycles. The van der Waals surface area contributed by atoms with Crippen molar-refractivity contribution in [3.05, 3.63) is 49.2 Å². The minimum Gasteiger partial charge on any atom is -0.264 e. The molecule has 0 heterocycles. The van der Waals surface area contributed by atoms with Crippen molar-refractivity contribution < 1.29 is 0 Å². The Labute approximate surface area is 103 Å². The molecule has 0 spiro atoms. The van der Waals surface area contributed by atoms with Gasteiger partial charge >= 0.3 is 0 Å². The van der Waals surface area contributed by atoms with Gasteiger partial charge in [0.15, 0.2) is 0 Å². The van der Waals surface area contributed by atoms with Gasteiger partial charge in [0.05, 0.1) is 5.70 Å². The number of aliphatic imine (C=N–C) groups is 1. The molecule has 1 nitrogen and oxygen atoms in total. The van der Waals surface area contributed by atoms with E-state index < -0.39 is 0 Å². The zero-order valence-corrected chi connectivity index (χ0v) is 12.0. The molecule has 0 aromatic heterocycles. The molecule has 0 fully saturated rings. The van der Waals surface area contributed by atoms with Crippen LogP contribution in [0, 0.1) is 0 Å². The normalized spacial score (nSPS) is 7.50. The van der Waals surface area contributed by atoms with E-state index in [1.807, 2.05) is 47.6 Å². The van der Waals surface area contributed by atoms with Gasteiger partial charge in [-0.05, 0) is 26.1 Å². The van der Waals surface area contributed by atoms with E-state index in [-0.39, 0.29) is 0 Å². The maximum atomic E-state index is 3.72. The zero-order chi connectivity index (χ0) is 14.0. The third-order valence-corrected chi connectivity index (χ3v) is 1.02. The summed E-state index contributed by atoms with van der Waals surface area (Å²) in [5.74, 6) is 0. The van der Waals surface area contributed by atoms with Crippen molar-refractivity contribution in [3.8, 4) is 0 Å². The molecule has 0 rings (SSSR count). The Morgan fingerprint density at radius 3 is 1.38 bits per heavy atom. The van der Waals surface area contributed by atoms with Gasteiger partial charge in [0.2, 0.25) is 0 Å². The number of hydrogen-bond donors (Lipinski definition) is 0. The van der Waals surface area contributed by atoms with Crippen molar-refractivity contribution in [2.24, 2.45) is 4.99 Å². The third kappa shape index (κ3) is 22.9. The molecule has 0 N–H and O–H groups in total. The minimum absolute atomic E-state index is 0.796. The van der Waals surface area contributed by atoms with Crippen molar-refractivity contribution in [3.63, 3.8) is 0 Å². The van der Waals surface area contributed by atoms with Crippen LogP contribution in [-0.4, -0.2) is 6.72 Å². The van der Waals surface area contributed by atoms with Gasteiger partial charge in [0.1, 0.15) is 0 Å². The van der Waals surface area contributed by atoms with Crippen LogP contribution in [0.3, 0.4) is 0 Å². The second-order valence-corrected chi connectivity index (χ2v) is 1.97. The van der Waals surface area contributed by atoms with Crippen molar-refractivity contribution in [2.75, 3.05) is 0 Å². The SMILES string of the molecule is C=CC.C=CC(=C)/C(=C\C)N=C.CC.CC. The molecule has 0 bridgehead atoms. The number of nitrogens with zero attached hydrogens (tertiary/aromatic N) is 1. The van der Waals surface area contributed by atoms with E-state index in [9.17, 15) is 0 Å². The smallest absolute Gasteiger partial charge is 0.0645 e. The minimum atomic E-state index is 0.796. The molecule has 94 valence electrons. The van der Waals surface area contributed by atoms with Crippen LogP contribution < -0.4 is 0 Å². The predicted molar refractivity (Wildman–Crippen MR) is 81.2 cm³/mol. The van der Waals surface area contributed by atoms with Gasteiger partial charge in [0.25, 0.3) is 0 Å². The van der Waals surface area contributed by atoms with Gasteiger partial charge in [0, 0.05) is 0 Å². The Balaban J connectivity index is -0.0000000864. The summed E-state index contributed by atoms with van der Waals surface area (Å²) >= 11 is 0. The molecule has 1 heteroatoms. The van der Waals surface area contributed by atoms with Crippen LogP contribution in [0.5, 0.6) is 0 Å². The molecule has 16 heavy (non-hydrogen) atoms. The highest BCUT2D eigenvalue weighted by Gasteiger charge is 1.89. The lowest BCUT2D eigenvalue weighted by atomic mass is 10.2. The Morgan fingerprint density at radius 1 is 1.00 bits per heavy atom. The van der Waals surface area contributed by atoms with Crippen LogP contribution in [-0.2, 0) is 0 Å². The molecule has 0 unspecified atom stereocenters. The summed E-state index contributed by atoms with van der Waals surface area (Å²) < 4.78 is 0. The quantitative estimate of drug-likeness (QED) is 0.336. The molecule has 0 amide bonds. The fraction of sp³-hybridized carbons (Fsp3) is 0.400. The van der Waals surface area contributed by atoms with Crippen LogP contribution >= 0.6 is 0 Å². The lowest BCUT2D eigenvalue weighted by Crippen LogP contribution is -1.77. The molecule has 0 saturated carbocycles. The van der Waals surface area contributed by atoms with Crippen LogP contribution in [0.15, 0.2) is 54.2 Å². The number of rotatable bonds is 3. The van der Waals surface area contributed by atoms with Crippen molar-refractivity contribution in [1.29, 1.82) is 0 Å². The molecule has 0 aliphatic rings. The molecule has 0 atom stereocenters. The van der Waals surface area contributed by atoms with Crippen molar-refractivity contribution >= 4 is 6.72 Å². The Morgan fingerprint density at radius 2 is 1.31 bits per heavy atom. The summed E-state index contributed by atoms with van der Waals surface area (Å²) in [4.78, 5) is 3.72. The van der Waals surface area contributed by atoms with Gasteiger partial charge in [-0.1, -0.05) is 59.1 Å². The van der Waals surface area contributed by atoms with Crippen LogP contribution in [0.25, 0.3) is 0 Å². The van der Waals surface area contributed by atoms with Crippen LogP contribution in [0.4, 0.5) is 0 Å². The molecule has 0 aliphatic carbocycles. The van der Waals surface area contributed by atoms with Gasteiger partial charge in [-0.2, -0.15) is 0 Å². The summed E-state index contributed by atoms with van der Waals surface area (Å²) in [5.41, 5.74) is 1.61. The molecule has 0 aliphatic heterocycles. The molecule has 0 aromatic carbocycles. The standard InChI is InChI=1S/C8H11N.C3H6.2C2H6/c1-5-7(3)8(6-2)9-4;1-3-2;2*1-2/h5-6H,1,3-4H2,2H3;3H,1H2,2H3;2*1-2H3/b8-6+;;;. The summed E-state index contributed by atoms with van der Waals surface area (Å²) in [7, 11) is 0. The van der Waals surface area contributed by atoms with E-state index in [0.29, 0.717) is 0 Å². The lowest BCUT2D eigenvalue weighted by molar-refractivity contribution is 1.35. The second kappa shape index (κ2) is 29.2.